The first kappa shape index (κ1) is 20.7. The molecule has 0 radical (unpaired) electrons. The summed E-state index contributed by atoms with van der Waals surface area (Å²) in [6.45, 7) is 16.6. The van der Waals surface area contributed by atoms with Crippen LogP contribution < -0.4 is 10.6 Å². The lowest BCUT2D eigenvalue weighted by atomic mass is 9.91. The molecule has 5 heteroatoms. The maximum absolute atomic E-state index is 11.9. The first-order chi connectivity index (χ1) is 10.3. The highest BCUT2D eigenvalue weighted by atomic mass is 16.2. The SMILES string of the molecule is CCNC(=NCCCC(C)(C)C)NCCC(=O)N(CC)CC. The van der Waals surface area contributed by atoms with Gasteiger partial charge in [0.15, 0.2) is 5.96 Å². The highest BCUT2D eigenvalue weighted by molar-refractivity contribution is 5.81. The first-order valence-electron chi connectivity index (χ1n) is 8.64. The van der Waals surface area contributed by atoms with Crippen molar-refractivity contribution in [2.75, 3.05) is 32.7 Å². The quantitative estimate of drug-likeness (QED) is 0.391. The van der Waals surface area contributed by atoms with Gasteiger partial charge < -0.3 is 15.5 Å². The predicted octanol–water partition coefficient (Wildman–Crippen LogP) is 2.63. The van der Waals surface area contributed by atoms with Gasteiger partial charge in [-0.05, 0) is 39.0 Å². The summed E-state index contributed by atoms with van der Waals surface area (Å²) in [5, 5.41) is 6.47. The van der Waals surface area contributed by atoms with Crippen molar-refractivity contribution in [1.82, 2.24) is 15.5 Å². The van der Waals surface area contributed by atoms with Crippen molar-refractivity contribution in [1.29, 1.82) is 0 Å². The minimum Gasteiger partial charge on any atom is -0.357 e. The molecule has 5 nitrogen and oxygen atoms in total. The van der Waals surface area contributed by atoms with E-state index in [1.165, 1.54) is 0 Å². The summed E-state index contributed by atoms with van der Waals surface area (Å²) < 4.78 is 0. The average Bonchev–Trinajstić information content (AvgIpc) is 2.43. The molecule has 0 rings (SSSR count). The van der Waals surface area contributed by atoms with Crippen molar-refractivity contribution in [2.24, 2.45) is 10.4 Å². The molecule has 0 spiro atoms. The Kier molecular flexibility index (Phi) is 10.7. The molecule has 0 aromatic heterocycles. The fourth-order valence-corrected chi connectivity index (χ4v) is 2.16. The number of carbonyl (C=O) groups is 1. The van der Waals surface area contributed by atoms with Gasteiger partial charge in [0.1, 0.15) is 0 Å². The minimum absolute atomic E-state index is 0.195. The topological polar surface area (TPSA) is 56.7 Å². The van der Waals surface area contributed by atoms with Crippen LogP contribution in [-0.2, 0) is 4.79 Å². The number of rotatable bonds is 9. The molecule has 0 heterocycles. The fourth-order valence-electron chi connectivity index (χ4n) is 2.16. The van der Waals surface area contributed by atoms with E-state index in [1.807, 2.05) is 25.7 Å². The number of nitrogens with one attached hydrogen (secondary N) is 2. The summed E-state index contributed by atoms with van der Waals surface area (Å²) in [6, 6.07) is 0. The van der Waals surface area contributed by atoms with E-state index in [0.29, 0.717) is 18.4 Å². The molecule has 0 aliphatic heterocycles. The molecule has 22 heavy (non-hydrogen) atoms. The van der Waals surface area contributed by atoms with Gasteiger partial charge in [-0.3, -0.25) is 9.79 Å². The van der Waals surface area contributed by atoms with Crippen molar-refractivity contribution in [3.63, 3.8) is 0 Å². The monoisotopic (exact) mass is 312 g/mol. The Bertz CT molecular complexity index is 330. The van der Waals surface area contributed by atoms with Crippen molar-refractivity contribution in [3.8, 4) is 0 Å². The molecule has 0 aliphatic carbocycles. The molecule has 0 atom stereocenters. The van der Waals surface area contributed by atoms with Crippen LogP contribution in [0.1, 0.15) is 60.8 Å². The zero-order chi connectivity index (χ0) is 17.0. The fraction of sp³-hybridized carbons (Fsp3) is 0.882. The molecule has 1 amide bonds. The third-order valence-corrected chi connectivity index (χ3v) is 3.45. The average molecular weight is 313 g/mol. The Morgan fingerprint density at radius 2 is 1.73 bits per heavy atom. The molecule has 0 saturated heterocycles. The van der Waals surface area contributed by atoms with E-state index in [1.54, 1.807) is 0 Å². The number of hydrogen-bond donors (Lipinski definition) is 2. The first-order valence-corrected chi connectivity index (χ1v) is 8.64. The summed E-state index contributed by atoms with van der Waals surface area (Å²) in [4.78, 5) is 18.4. The Hall–Kier alpha value is -1.26. The van der Waals surface area contributed by atoms with E-state index >= 15 is 0 Å². The minimum atomic E-state index is 0.195. The smallest absolute Gasteiger partial charge is 0.224 e. The molecule has 0 bridgehead atoms. The second-order valence-electron chi connectivity index (χ2n) is 6.67. The molecule has 0 fully saturated rings. The number of hydrogen-bond acceptors (Lipinski definition) is 2. The molecule has 0 aliphatic rings. The summed E-state index contributed by atoms with van der Waals surface area (Å²) >= 11 is 0. The van der Waals surface area contributed by atoms with Crippen LogP contribution in [0, 0.1) is 5.41 Å². The Labute approximate surface area is 136 Å². The van der Waals surface area contributed by atoms with E-state index in [9.17, 15) is 4.79 Å². The lowest BCUT2D eigenvalue weighted by molar-refractivity contribution is -0.130. The van der Waals surface area contributed by atoms with Crippen LogP contribution in [0.25, 0.3) is 0 Å². The van der Waals surface area contributed by atoms with Gasteiger partial charge >= 0.3 is 0 Å². The van der Waals surface area contributed by atoms with Gasteiger partial charge in [-0.25, -0.2) is 0 Å². The highest BCUT2D eigenvalue weighted by Gasteiger charge is 2.10. The molecular formula is C17H36N4O. The van der Waals surface area contributed by atoms with E-state index in [0.717, 1.165) is 45.0 Å². The maximum atomic E-state index is 11.9. The molecular weight excluding hydrogens is 276 g/mol. The number of guanidine groups is 1. The Morgan fingerprint density at radius 3 is 2.23 bits per heavy atom. The number of aliphatic imine (C=N–C) groups is 1. The molecule has 0 unspecified atom stereocenters. The van der Waals surface area contributed by atoms with E-state index < -0.39 is 0 Å². The van der Waals surface area contributed by atoms with Gasteiger partial charge in [-0.15, -0.1) is 0 Å². The van der Waals surface area contributed by atoms with Crippen molar-refractivity contribution in [3.05, 3.63) is 0 Å². The van der Waals surface area contributed by atoms with Crippen LogP contribution in [0.4, 0.5) is 0 Å². The highest BCUT2D eigenvalue weighted by Crippen LogP contribution is 2.20. The van der Waals surface area contributed by atoms with Crippen LogP contribution in [0.2, 0.25) is 0 Å². The molecule has 0 aromatic rings. The largest absolute Gasteiger partial charge is 0.357 e. The van der Waals surface area contributed by atoms with Gasteiger partial charge in [0.05, 0.1) is 0 Å². The third kappa shape index (κ3) is 10.5. The summed E-state index contributed by atoms with van der Waals surface area (Å²) in [7, 11) is 0. The van der Waals surface area contributed by atoms with Crippen molar-refractivity contribution >= 4 is 11.9 Å². The van der Waals surface area contributed by atoms with E-state index in [4.69, 9.17) is 0 Å². The van der Waals surface area contributed by atoms with Crippen LogP contribution in [0.3, 0.4) is 0 Å². The number of carbonyl (C=O) groups excluding carboxylic acids is 1. The number of nitrogens with zero attached hydrogens (tertiary/aromatic N) is 2. The second kappa shape index (κ2) is 11.3. The van der Waals surface area contributed by atoms with Crippen LogP contribution in [-0.4, -0.2) is 49.5 Å². The standard InChI is InChI=1S/C17H36N4O/c1-7-18-16(19-13-10-12-17(4,5)6)20-14-11-15(22)21(8-2)9-3/h7-14H2,1-6H3,(H2,18,19,20). The van der Waals surface area contributed by atoms with E-state index in [-0.39, 0.29) is 5.91 Å². The van der Waals surface area contributed by atoms with Gasteiger partial charge in [0.25, 0.3) is 0 Å². The molecule has 2 N–H and O–H groups in total. The van der Waals surface area contributed by atoms with Gasteiger partial charge in [0.2, 0.25) is 5.91 Å². The van der Waals surface area contributed by atoms with Crippen LogP contribution >= 0.6 is 0 Å². The lowest BCUT2D eigenvalue weighted by Gasteiger charge is -2.19. The van der Waals surface area contributed by atoms with Gasteiger partial charge in [-0.2, -0.15) is 0 Å². The van der Waals surface area contributed by atoms with Crippen LogP contribution in [0.5, 0.6) is 0 Å². The Balaban J connectivity index is 4.15. The second-order valence-corrected chi connectivity index (χ2v) is 6.67. The van der Waals surface area contributed by atoms with Crippen molar-refractivity contribution in [2.45, 2.75) is 60.8 Å². The normalized spacial score (nSPS) is 12.2. The molecule has 130 valence electrons. The summed E-state index contributed by atoms with van der Waals surface area (Å²) in [6.07, 6.45) is 2.75. The van der Waals surface area contributed by atoms with Gasteiger partial charge in [0, 0.05) is 39.1 Å². The maximum Gasteiger partial charge on any atom is 0.224 e. The third-order valence-electron chi connectivity index (χ3n) is 3.45. The molecule has 0 saturated carbocycles. The summed E-state index contributed by atoms with van der Waals surface area (Å²) in [5.41, 5.74) is 0.359. The van der Waals surface area contributed by atoms with Gasteiger partial charge in [-0.1, -0.05) is 20.8 Å². The lowest BCUT2D eigenvalue weighted by Crippen LogP contribution is -2.40. The number of amides is 1. The predicted molar refractivity (Wildman–Crippen MR) is 95.2 cm³/mol. The molecule has 0 aromatic carbocycles. The van der Waals surface area contributed by atoms with Crippen LogP contribution in [0.15, 0.2) is 4.99 Å². The summed E-state index contributed by atoms with van der Waals surface area (Å²) in [5.74, 6) is 1.00. The van der Waals surface area contributed by atoms with E-state index in [2.05, 4.69) is 36.4 Å². The zero-order valence-corrected chi connectivity index (χ0v) is 15.5. The Morgan fingerprint density at radius 1 is 1.09 bits per heavy atom. The van der Waals surface area contributed by atoms with Crippen molar-refractivity contribution < 1.29 is 4.79 Å². The zero-order valence-electron chi connectivity index (χ0n) is 15.5.